The molecule has 0 saturated carbocycles. The van der Waals surface area contributed by atoms with E-state index < -0.39 is 0 Å². The van der Waals surface area contributed by atoms with Crippen molar-refractivity contribution in [2.75, 3.05) is 69.8 Å². The minimum atomic E-state index is 0.0970. The first-order valence-corrected chi connectivity index (χ1v) is 12.9. The Hall–Kier alpha value is -2.84. The predicted octanol–water partition coefficient (Wildman–Crippen LogP) is 4.52. The van der Waals surface area contributed by atoms with Gasteiger partial charge in [0.1, 0.15) is 0 Å². The van der Waals surface area contributed by atoms with Crippen LogP contribution in [0.2, 0.25) is 0 Å². The largest absolute Gasteiger partial charge is 0.493 e. The molecule has 0 aromatic heterocycles. The van der Waals surface area contributed by atoms with E-state index in [2.05, 4.69) is 43.0 Å². The predicted molar refractivity (Wildman–Crippen MR) is 144 cm³/mol. The third kappa shape index (κ3) is 4.44. The lowest BCUT2D eigenvalue weighted by Gasteiger charge is -2.47. The first-order valence-electron chi connectivity index (χ1n) is 12.9. The number of rotatable bonds is 9. The van der Waals surface area contributed by atoms with Crippen molar-refractivity contribution in [3.05, 3.63) is 34.4 Å². The molecule has 2 aromatic carbocycles. The lowest BCUT2D eigenvalue weighted by atomic mass is 9.74. The van der Waals surface area contributed by atoms with Gasteiger partial charge in [0.15, 0.2) is 23.0 Å². The smallest absolute Gasteiger partial charge is 0.203 e. The molecule has 2 aromatic rings. The average Bonchev–Trinajstić information content (AvgIpc) is 2.92. The number of likely N-dealkylation sites (N-methyl/N-ethyl adjacent to an activating group) is 2. The summed E-state index contributed by atoms with van der Waals surface area (Å²) in [7, 11) is 14.5. The number of methoxy groups -OCH3 is 6. The van der Waals surface area contributed by atoms with Crippen LogP contribution >= 0.6 is 0 Å². The van der Waals surface area contributed by atoms with Gasteiger partial charge in [-0.15, -0.1) is 0 Å². The second-order valence-corrected chi connectivity index (χ2v) is 9.86. The van der Waals surface area contributed by atoms with Gasteiger partial charge in [0.25, 0.3) is 0 Å². The highest BCUT2D eigenvalue weighted by atomic mass is 16.5. The molecule has 37 heavy (non-hydrogen) atoms. The summed E-state index contributed by atoms with van der Waals surface area (Å²) in [5.41, 5.74) is 4.85. The molecule has 0 spiro atoms. The Morgan fingerprint density at radius 2 is 1.03 bits per heavy atom. The standard InChI is InChI=1S/C29H42N2O6/c1-10-19(24-22-17(11-13-30(24)2)15-20(32-4)26(34-6)28(22)36-8)25-23-18(12-14-31(25)3)16-21(33-5)27(35-7)29(23)37-9/h15-16,19,24-25H,10-14H2,1-9H3. The van der Waals surface area contributed by atoms with Crippen molar-refractivity contribution in [2.24, 2.45) is 5.92 Å². The van der Waals surface area contributed by atoms with Gasteiger partial charge < -0.3 is 28.4 Å². The maximum atomic E-state index is 6.04. The first kappa shape index (κ1) is 27.2. The molecule has 4 rings (SSSR count). The fourth-order valence-corrected chi connectivity index (χ4v) is 6.53. The van der Waals surface area contributed by atoms with Crippen LogP contribution in [0.15, 0.2) is 12.1 Å². The number of hydrogen-bond acceptors (Lipinski definition) is 8. The Kier molecular flexibility index (Phi) is 8.29. The van der Waals surface area contributed by atoms with Gasteiger partial charge in [-0.2, -0.15) is 0 Å². The maximum Gasteiger partial charge on any atom is 0.203 e. The molecule has 0 bridgehead atoms. The Labute approximate surface area is 221 Å². The molecule has 0 N–H and O–H groups in total. The highest BCUT2D eigenvalue weighted by molar-refractivity contribution is 5.63. The van der Waals surface area contributed by atoms with Crippen molar-refractivity contribution in [1.29, 1.82) is 0 Å². The zero-order valence-corrected chi connectivity index (χ0v) is 23.8. The lowest BCUT2D eigenvalue weighted by molar-refractivity contribution is 0.0689. The van der Waals surface area contributed by atoms with E-state index in [0.717, 1.165) is 43.9 Å². The molecule has 0 aliphatic carbocycles. The van der Waals surface area contributed by atoms with Crippen LogP contribution in [0.3, 0.4) is 0 Å². The molecule has 0 radical (unpaired) electrons. The normalized spacial score (nSPS) is 20.5. The summed E-state index contributed by atoms with van der Waals surface area (Å²) in [5.74, 6) is 4.42. The second-order valence-electron chi connectivity index (χ2n) is 9.86. The van der Waals surface area contributed by atoms with Crippen LogP contribution in [0.25, 0.3) is 0 Å². The van der Waals surface area contributed by atoms with Gasteiger partial charge in [-0.05, 0) is 62.5 Å². The molecule has 2 aliphatic heterocycles. The average molecular weight is 515 g/mol. The summed E-state index contributed by atoms with van der Waals surface area (Å²) < 4.78 is 35.1. The van der Waals surface area contributed by atoms with Crippen molar-refractivity contribution < 1.29 is 28.4 Å². The molecule has 0 fully saturated rings. The van der Waals surface area contributed by atoms with Gasteiger partial charge in [0.2, 0.25) is 11.5 Å². The van der Waals surface area contributed by atoms with Crippen molar-refractivity contribution in [3.63, 3.8) is 0 Å². The molecule has 8 nitrogen and oxygen atoms in total. The van der Waals surface area contributed by atoms with Crippen LogP contribution in [0.1, 0.15) is 47.7 Å². The summed E-state index contributed by atoms with van der Waals surface area (Å²) in [4.78, 5) is 4.92. The SMILES string of the molecule is CCC(C1c2c(cc(OC)c(OC)c2OC)CCN1C)C1c2c(cc(OC)c(OC)c2OC)CCN1C. The van der Waals surface area contributed by atoms with Gasteiger partial charge in [0, 0.05) is 36.3 Å². The van der Waals surface area contributed by atoms with Gasteiger partial charge in [-0.3, -0.25) is 9.80 Å². The van der Waals surface area contributed by atoms with Crippen molar-refractivity contribution in [3.8, 4) is 34.5 Å². The summed E-state index contributed by atoms with van der Waals surface area (Å²) in [5, 5.41) is 0. The lowest BCUT2D eigenvalue weighted by Crippen LogP contribution is -2.44. The van der Waals surface area contributed by atoms with Crippen LogP contribution in [0, 0.1) is 5.92 Å². The quantitative estimate of drug-likeness (QED) is 0.484. The minimum absolute atomic E-state index is 0.0970. The Morgan fingerprint density at radius 1 is 0.649 bits per heavy atom. The van der Waals surface area contributed by atoms with Gasteiger partial charge in [0.05, 0.1) is 42.7 Å². The minimum Gasteiger partial charge on any atom is -0.493 e. The highest BCUT2D eigenvalue weighted by Crippen LogP contribution is 2.55. The van der Waals surface area contributed by atoms with E-state index in [0.29, 0.717) is 23.0 Å². The van der Waals surface area contributed by atoms with Crippen molar-refractivity contribution in [2.45, 2.75) is 38.3 Å². The molecular weight excluding hydrogens is 472 g/mol. The van der Waals surface area contributed by atoms with Gasteiger partial charge in [-0.25, -0.2) is 0 Å². The van der Waals surface area contributed by atoms with Crippen molar-refractivity contribution in [1.82, 2.24) is 9.80 Å². The fraction of sp³-hybridized carbons (Fsp3) is 0.586. The van der Waals surface area contributed by atoms with Crippen LogP contribution in [-0.2, 0) is 12.8 Å². The highest BCUT2D eigenvalue weighted by Gasteiger charge is 2.44. The Bertz CT molecular complexity index is 1040. The Morgan fingerprint density at radius 3 is 1.32 bits per heavy atom. The van der Waals surface area contributed by atoms with E-state index in [1.165, 1.54) is 22.3 Å². The molecule has 2 aliphatic rings. The van der Waals surface area contributed by atoms with E-state index in [4.69, 9.17) is 28.4 Å². The summed E-state index contributed by atoms with van der Waals surface area (Å²) in [6.45, 7) is 4.16. The number of nitrogens with zero attached hydrogens (tertiary/aromatic N) is 2. The number of hydrogen-bond donors (Lipinski definition) is 0. The molecule has 2 heterocycles. The third-order valence-electron chi connectivity index (χ3n) is 8.20. The van der Waals surface area contributed by atoms with Crippen LogP contribution in [0.5, 0.6) is 34.5 Å². The zero-order valence-electron chi connectivity index (χ0n) is 23.8. The van der Waals surface area contributed by atoms with E-state index in [-0.39, 0.29) is 18.0 Å². The van der Waals surface area contributed by atoms with E-state index >= 15 is 0 Å². The second kappa shape index (κ2) is 11.3. The van der Waals surface area contributed by atoms with Crippen LogP contribution in [0.4, 0.5) is 0 Å². The maximum absolute atomic E-state index is 6.04. The van der Waals surface area contributed by atoms with Crippen molar-refractivity contribution >= 4 is 0 Å². The van der Waals surface area contributed by atoms with Crippen LogP contribution in [-0.4, -0.2) is 79.6 Å². The van der Waals surface area contributed by atoms with E-state index in [1.54, 1.807) is 42.7 Å². The number of fused-ring (bicyclic) bond motifs is 2. The number of ether oxygens (including phenoxy) is 6. The molecule has 2 atom stereocenters. The summed E-state index contributed by atoms with van der Waals surface area (Å²) in [6, 6.07) is 4.44. The fourth-order valence-electron chi connectivity index (χ4n) is 6.53. The molecule has 0 saturated heterocycles. The molecule has 0 amide bonds. The summed E-state index contributed by atoms with van der Waals surface area (Å²) >= 11 is 0. The number of benzene rings is 2. The summed E-state index contributed by atoms with van der Waals surface area (Å²) in [6.07, 6.45) is 2.79. The zero-order chi connectivity index (χ0) is 26.9. The third-order valence-corrected chi connectivity index (χ3v) is 8.20. The van der Waals surface area contributed by atoms with E-state index in [1.807, 2.05) is 0 Å². The first-order chi connectivity index (χ1) is 17.9. The van der Waals surface area contributed by atoms with Gasteiger partial charge >= 0.3 is 0 Å². The molecule has 2 unspecified atom stereocenters. The van der Waals surface area contributed by atoms with E-state index in [9.17, 15) is 0 Å². The van der Waals surface area contributed by atoms with Crippen LogP contribution < -0.4 is 28.4 Å². The molecule has 8 heteroatoms. The topological polar surface area (TPSA) is 61.9 Å². The monoisotopic (exact) mass is 514 g/mol. The van der Waals surface area contributed by atoms with Gasteiger partial charge in [-0.1, -0.05) is 6.92 Å². The molecule has 204 valence electrons. The Balaban J connectivity index is 1.95. The molecular formula is C29H42N2O6.